The summed E-state index contributed by atoms with van der Waals surface area (Å²) in [5, 5.41) is 0. The van der Waals surface area contributed by atoms with E-state index in [-0.39, 0.29) is 28.4 Å². The summed E-state index contributed by atoms with van der Waals surface area (Å²) in [6.45, 7) is 6.62. The van der Waals surface area contributed by atoms with Crippen LogP contribution in [0, 0.1) is 5.82 Å². The minimum absolute atomic E-state index is 0.117. The van der Waals surface area contributed by atoms with Crippen molar-refractivity contribution in [3.05, 3.63) is 58.6 Å². The number of unbranched alkanes of at least 4 members (excludes halogenated alkanes) is 2. The molecule has 0 bridgehead atoms. The van der Waals surface area contributed by atoms with Crippen molar-refractivity contribution in [1.82, 2.24) is 8.87 Å². The van der Waals surface area contributed by atoms with Gasteiger partial charge in [-0.05, 0) is 62.2 Å². The van der Waals surface area contributed by atoms with Gasteiger partial charge >= 0.3 is 5.97 Å². The van der Waals surface area contributed by atoms with Gasteiger partial charge in [-0.3, -0.25) is 9.59 Å². The lowest BCUT2D eigenvalue weighted by atomic mass is 10.2. The van der Waals surface area contributed by atoms with Crippen LogP contribution in [0.5, 0.6) is 0 Å². The van der Waals surface area contributed by atoms with Crippen molar-refractivity contribution in [2.75, 3.05) is 19.7 Å². The molecule has 11 heteroatoms. The predicted octanol–water partition coefficient (Wildman–Crippen LogP) is 4.74. The number of ether oxygens (including phenoxy) is 1. The van der Waals surface area contributed by atoms with E-state index < -0.39 is 27.7 Å². The summed E-state index contributed by atoms with van der Waals surface area (Å²) in [5.74, 6) is -1.56. The van der Waals surface area contributed by atoms with Crippen LogP contribution in [0.25, 0.3) is 10.2 Å². The third kappa shape index (κ3) is 7.12. The van der Waals surface area contributed by atoms with Gasteiger partial charge in [-0.1, -0.05) is 38.0 Å². The first-order chi connectivity index (χ1) is 17.7. The van der Waals surface area contributed by atoms with Crippen LogP contribution in [0.4, 0.5) is 4.39 Å². The van der Waals surface area contributed by atoms with Crippen molar-refractivity contribution in [2.24, 2.45) is 4.99 Å². The van der Waals surface area contributed by atoms with Gasteiger partial charge in [0.15, 0.2) is 4.80 Å². The normalized spacial score (nSPS) is 12.4. The Morgan fingerprint density at radius 3 is 2.27 bits per heavy atom. The van der Waals surface area contributed by atoms with E-state index in [1.807, 2.05) is 13.8 Å². The van der Waals surface area contributed by atoms with E-state index >= 15 is 0 Å². The zero-order valence-electron chi connectivity index (χ0n) is 21.3. The molecule has 0 fully saturated rings. The lowest BCUT2D eigenvalue weighted by Gasteiger charge is -2.22. The van der Waals surface area contributed by atoms with Crippen molar-refractivity contribution < 1.29 is 27.1 Å². The molecule has 0 aliphatic rings. The standard InChI is InChI=1S/C26H32FN3O5S2/c1-4-7-15-29(16-8-5-2)37(33,34)21-12-9-19(10-13-21)25(32)28-26-30(18-24(31)35-6-3)22-14-11-20(27)17-23(22)36-26/h9-14,17H,4-8,15-16,18H2,1-3H3. The Hall–Kier alpha value is -2.89. The molecule has 0 saturated carbocycles. The number of esters is 1. The number of carbonyl (C=O) groups is 2. The maximum absolute atomic E-state index is 13.8. The number of aromatic nitrogens is 1. The molecule has 3 aromatic rings. The lowest BCUT2D eigenvalue weighted by Crippen LogP contribution is -2.33. The minimum atomic E-state index is -3.69. The summed E-state index contributed by atoms with van der Waals surface area (Å²) >= 11 is 1.07. The Balaban J connectivity index is 1.93. The molecule has 1 amide bonds. The molecule has 1 heterocycles. The second-order valence-electron chi connectivity index (χ2n) is 8.44. The number of carbonyl (C=O) groups excluding carboxylic acids is 2. The van der Waals surface area contributed by atoms with Gasteiger partial charge in [-0.15, -0.1) is 0 Å². The average Bonchev–Trinajstić information content (AvgIpc) is 3.19. The number of thiazole rings is 1. The number of hydrogen-bond acceptors (Lipinski definition) is 6. The van der Waals surface area contributed by atoms with E-state index in [4.69, 9.17) is 4.74 Å². The van der Waals surface area contributed by atoms with Crippen molar-refractivity contribution >= 4 is 43.5 Å². The first-order valence-electron chi connectivity index (χ1n) is 12.3. The monoisotopic (exact) mass is 549 g/mol. The van der Waals surface area contributed by atoms with Gasteiger partial charge < -0.3 is 9.30 Å². The van der Waals surface area contributed by atoms with E-state index in [1.54, 1.807) is 6.92 Å². The molecule has 0 unspecified atom stereocenters. The van der Waals surface area contributed by atoms with Crippen molar-refractivity contribution in [3.63, 3.8) is 0 Å². The quantitative estimate of drug-likeness (QED) is 0.304. The van der Waals surface area contributed by atoms with Crippen LogP contribution in [0.2, 0.25) is 0 Å². The first-order valence-corrected chi connectivity index (χ1v) is 14.6. The second kappa shape index (κ2) is 13.1. The SMILES string of the molecule is CCCCN(CCCC)S(=O)(=O)c1ccc(C(=O)N=c2sc3cc(F)ccc3n2CC(=O)OCC)cc1. The highest BCUT2D eigenvalue weighted by molar-refractivity contribution is 7.89. The minimum Gasteiger partial charge on any atom is -0.465 e. The Kier molecular flexibility index (Phi) is 10.1. The number of amides is 1. The fourth-order valence-electron chi connectivity index (χ4n) is 3.71. The topological polar surface area (TPSA) is 98.0 Å². The number of hydrogen-bond donors (Lipinski definition) is 0. The zero-order chi connectivity index (χ0) is 27.0. The van der Waals surface area contributed by atoms with Crippen LogP contribution in [0.1, 0.15) is 56.8 Å². The van der Waals surface area contributed by atoms with Gasteiger partial charge in [0.2, 0.25) is 10.0 Å². The van der Waals surface area contributed by atoms with Crippen LogP contribution in [-0.2, 0) is 26.1 Å². The third-order valence-electron chi connectivity index (χ3n) is 5.70. The molecule has 0 saturated heterocycles. The van der Waals surface area contributed by atoms with E-state index in [0.717, 1.165) is 37.0 Å². The van der Waals surface area contributed by atoms with Crippen LogP contribution in [-0.4, -0.2) is 48.9 Å². The molecular weight excluding hydrogens is 517 g/mol. The molecule has 0 aliphatic heterocycles. The van der Waals surface area contributed by atoms with E-state index in [9.17, 15) is 22.4 Å². The highest BCUT2D eigenvalue weighted by Gasteiger charge is 2.24. The largest absolute Gasteiger partial charge is 0.465 e. The lowest BCUT2D eigenvalue weighted by molar-refractivity contribution is -0.143. The summed E-state index contributed by atoms with van der Waals surface area (Å²) in [5.41, 5.74) is 0.741. The molecule has 0 atom stereocenters. The van der Waals surface area contributed by atoms with Crippen LogP contribution < -0.4 is 4.80 Å². The van der Waals surface area contributed by atoms with Crippen molar-refractivity contribution in [2.45, 2.75) is 57.9 Å². The number of rotatable bonds is 12. The number of sulfonamides is 1. The molecule has 0 N–H and O–H groups in total. The molecule has 8 nitrogen and oxygen atoms in total. The average molecular weight is 550 g/mol. The highest BCUT2D eigenvalue weighted by Crippen LogP contribution is 2.20. The van der Waals surface area contributed by atoms with Gasteiger partial charge in [0.25, 0.3) is 5.91 Å². The number of nitrogens with zero attached hydrogens (tertiary/aromatic N) is 3. The Bertz CT molecular complexity index is 1400. The Labute approximate surface area is 220 Å². The summed E-state index contributed by atoms with van der Waals surface area (Å²) in [4.78, 5) is 29.6. The summed E-state index contributed by atoms with van der Waals surface area (Å²) < 4.78 is 48.7. The Morgan fingerprint density at radius 2 is 1.68 bits per heavy atom. The van der Waals surface area contributed by atoms with Crippen molar-refractivity contribution in [3.8, 4) is 0 Å². The van der Waals surface area contributed by atoms with Crippen LogP contribution >= 0.6 is 11.3 Å². The molecule has 0 spiro atoms. The molecule has 200 valence electrons. The maximum atomic E-state index is 13.8. The summed E-state index contributed by atoms with van der Waals surface area (Å²) in [6, 6.07) is 9.79. The zero-order valence-corrected chi connectivity index (χ0v) is 22.9. The second-order valence-corrected chi connectivity index (χ2v) is 11.4. The van der Waals surface area contributed by atoms with Gasteiger partial charge in [-0.2, -0.15) is 9.30 Å². The summed E-state index contributed by atoms with van der Waals surface area (Å²) in [7, 11) is -3.69. The van der Waals surface area contributed by atoms with Gasteiger partial charge in [0.05, 0.1) is 21.7 Å². The third-order valence-corrected chi connectivity index (χ3v) is 8.65. The smallest absolute Gasteiger partial charge is 0.326 e. The van der Waals surface area contributed by atoms with Gasteiger partial charge in [-0.25, -0.2) is 12.8 Å². The van der Waals surface area contributed by atoms with Crippen molar-refractivity contribution in [1.29, 1.82) is 0 Å². The Morgan fingerprint density at radius 1 is 1.03 bits per heavy atom. The van der Waals surface area contributed by atoms with Gasteiger partial charge in [0.1, 0.15) is 12.4 Å². The predicted molar refractivity (Wildman–Crippen MR) is 141 cm³/mol. The van der Waals surface area contributed by atoms with E-state index in [0.29, 0.717) is 23.3 Å². The number of halogens is 1. The molecule has 3 rings (SSSR count). The fourth-order valence-corrected chi connectivity index (χ4v) is 6.28. The van der Waals surface area contributed by atoms with E-state index in [1.165, 1.54) is 51.3 Å². The highest BCUT2D eigenvalue weighted by atomic mass is 32.2. The van der Waals surface area contributed by atoms with Crippen LogP contribution in [0.15, 0.2) is 52.4 Å². The van der Waals surface area contributed by atoms with E-state index in [2.05, 4.69) is 4.99 Å². The molecule has 1 aromatic heterocycles. The van der Waals surface area contributed by atoms with Crippen LogP contribution in [0.3, 0.4) is 0 Å². The fraction of sp³-hybridized carbons (Fsp3) is 0.423. The summed E-state index contributed by atoms with van der Waals surface area (Å²) in [6.07, 6.45) is 3.30. The molecular formula is C26H32FN3O5S2. The molecule has 0 aliphatic carbocycles. The molecule has 2 aromatic carbocycles. The molecule has 0 radical (unpaired) electrons. The first kappa shape index (κ1) is 28.7. The number of benzene rings is 2. The van der Waals surface area contributed by atoms with Gasteiger partial charge in [0, 0.05) is 18.7 Å². The maximum Gasteiger partial charge on any atom is 0.326 e. The number of fused-ring (bicyclic) bond motifs is 1. The molecule has 37 heavy (non-hydrogen) atoms.